The van der Waals surface area contributed by atoms with E-state index in [0.717, 1.165) is 29.4 Å². The summed E-state index contributed by atoms with van der Waals surface area (Å²) in [4.78, 5) is 10.3. The van der Waals surface area contributed by atoms with Crippen LogP contribution in [0.2, 0.25) is 0 Å². The number of hydrogen-bond donors (Lipinski definition) is 2. The van der Waals surface area contributed by atoms with Crippen molar-refractivity contribution >= 4 is 17.1 Å². The van der Waals surface area contributed by atoms with Gasteiger partial charge < -0.3 is 11.1 Å². The number of anilines is 2. The molecule has 0 saturated heterocycles. The zero-order valence-electron chi connectivity index (χ0n) is 10.6. The van der Waals surface area contributed by atoms with Crippen molar-refractivity contribution in [3.05, 3.63) is 28.3 Å². The van der Waals surface area contributed by atoms with E-state index in [1.807, 2.05) is 0 Å². The van der Waals surface area contributed by atoms with Crippen molar-refractivity contribution in [2.75, 3.05) is 11.1 Å². The van der Waals surface area contributed by atoms with Crippen LogP contribution in [-0.4, -0.2) is 11.0 Å². The topological polar surface area (TPSA) is 81.2 Å². The van der Waals surface area contributed by atoms with E-state index in [0.29, 0.717) is 11.7 Å². The molecule has 5 nitrogen and oxygen atoms in total. The van der Waals surface area contributed by atoms with Crippen LogP contribution < -0.4 is 11.1 Å². The lowest BCUT2D eigenvalue weighted by Gasteiger charge is -2.13. The molecule has 4 atom stereocenters. The molecule has 0 amide bonds. The molecule has 0 aromatic heterocycles. The zero-order valence-corrected chi connectivity index (χ0v) is 10.6. The highest BCUT2D eigenvalue weighted by Crippen LogP contribution is 2.66. The fraction of sp³-hybridized carbons (Fsp3) is 0.571. The average Bonchev–Trinajstić information content (AvgIpc) is 2.79. The lowest BCUT2D eigenvalue weighted by Crippen LogP contribution is -2.13. The first-order valence-corrected chi connectivity index (χ1v) is 6.95. The van der Waals surface area contributed by atoms with Gasteiger partial charge in [0.05, 0.1) is 16.3 Å². The van der Waals surface area contributed by atoms with Gasteiger partial charge in [0.25, 0.3) is 5.69 Å². The molecule has 0 aliphatic heterocycles. The quantitative estimate of drug-likeness (QED) is 0.496. The number of nitrogen functional groups attached to an aromatic ring is 1. The van der Waals surface area contributed by atoms with Crippen LogP contribution in [0, 0.1) is 33.8 Å². The van der Waals surface area contributed by atoms with Gasteiger partial charge in [0, 0.05) is 18.2 Å². The third-order valence-corrected chi connectivity index (χ3v) is 5.30. The van der Waals surface area contributed by atoms with E-state index in [-0.39, 0.29) is 5.69 Å². The molecule has 0 radical (unpaired) electrons. The van der Waals surface area contributed by atoms with Crippen molar-refractivity contribution < 1.29 is 4.92 Å². The van der Waals surface area contributed by atoms with Gasteiger partial charge in [-0.05, 0) is 49.0 Å². The van der Waals surface area contributed by atoms with E-state index in [4.69, 9.17) is 5.73 Å². The van der Waals surface area contributed by atoms with Crippen molar-refractivity contribution in [3.8, 4) is 0 Å². The molecular weight excluding hydrogens is 242 g/mol. The van der Waals surface area contributed by atoms with Crippen LogP contribution in [0.25, 0.3) is 0 Å². The first-order valence-electron chi connectivity index (χ1n) is 6.95. The van der Waals surface area contributed by atoms with Gasteiger partial charge in [0.2, 0.25) is 0 Å². The van der Waals surface area contributed by atoms with Crippen LogP contribution in [0.15, 0.2) is 18.2 Å². The van der Waals surface area contributed by atoms with Gasteiger partial charge in [-0.2, -0.15) is 0 Å². The van der Waals surface area contributed by atoms with Gasteiger partial charge in [-0.25, -0.2) is 0 Å². The third-order valence-electron chi connectivity index (χ3n) is 5.30. The Balaban J connectivity index is 1.51. The Labute approximate surface area is 111 Å². The number of nitrogens with one attached hydrogen (secondary N) is 1. The molecule has 100 valence electrons. The molecule has 3 aliphatic rings. The molecule has 1 aromatic carbocycles. The van der Waals surface area contributed by atoms with Crippen LogP contribution in [0.3, 0.4) is 0 Å². The van der Waals surface area contributed by atoms with E-state index in [1.165, 1.54) is 31.4 Å². The first kappa shape index (κ1) is 11.1. The minimum Gasteiger partial charge on any atom is -0.397 e. The lowest BCUT2D eigenvalue weighted by molar-refractivity contribution is -0.384. The molecule has 2 bridgehead atoms. The highest BCUT2D eigenvalue weighted by Gasteiger charge is 2.65. The number of rotatable bonds is 3. The number of nitro groups is 1. The average molecular weight is 259 g/mol. The summed E-state index contributed by atoms with van der Waals surface area (Å²) in [7, 11) is 0. The van der Waals surface area contributed by atoms with E-state index in [1.54, 1.807) is 6.07 Å². The fourth-order valence-electron chi connectivity index (χ4n) is 4.49. The highest BCUT2D eigenvalue weighted by atomic mass is 16.6. The van der Waals surface area contributed by atoms with Crippen LogP contribution >= 0.6 is 0 Å². The number of nitrogens with two attached hydrogens (primary N) is 1. The largest absolute Gasteiger partial charge is 0.397 e. The number of fused-ring (bicyclic) bond motifs is 5. The summed E-state index contributed by atoms with van der Waals surface area (Å²) in [5, 5.41) is 14.2. The minimum atomic E-state index is -0.410. The molecule has 19 heavy (non-hydrogen) atoms. The van der Waals surface area contributed by atoms with Crippen LogP contribution in [-0.2, 0) is 0 Å². The smallest absolute Gasteiger partial charge is 0.271 e. The van der Waals surface area contributed by atoms with Gasteiger partial charge in [-0.3, -0.25) is 10.1 Å². The van der Waals surface area contributed by atoms with E-state index in [9.17, 15) is 10.1 Å². The molecule has 4 rings (SSSR count). The van der Waals surface area contributed by atoms with Gasteiger partial charge >= 0.3 is 0 Å². The molecule has 4 unspecified atom stereocenters. The lowest BCUT2D eigenvalue weighted by atomic mass is 10.0. The van der Waals surface area contributed by atoms with Gasteiger partial charge in [-0.1, -0.05) is 0 Å². The molecular formula is C14H17N3O2. The Morgan fingerprint density at radius 3 is 2.53 bits per heavy atom. The molecule has 3 saturated carbocycles. The van der Waals surface area contributed by atoms with Crippen molar-refractivity contribution in [3.63, 3.8) is 0 Å². The zero-order chi connectivity index (χ0) is 13.1. The SMILES string of the molecule is Nc1cc([N+](=O)[O-])ccc1NC1C2C3CCC(C3)C12. The summed E-state index contributed by atoms with van der Waals surface area (Å²) in [6.07, 6.45) is 4.20. The second-order valence-electron chi connectivity index (χ2n) is 6.19. The number of nitrogens with zero attached hydrogens (tertiary/aromatic N) is 1. The molecule has 3 fully saturated rings. The summed E-state index contributed by atoms with van der Waals surface area (Å²) in [6, 6.07) is 5.25. The van der Waals surface area contributed by atoms with Crippen molar-refractivity contribution in [2.45, 2.75) is 25.3 Å². The van der Waals surface area contributed by atoms with Crippen molar-refractivity contribution in [1.82, 2.24) is 0 Å². The van der Waals surface area contributed by atoms with Crippen molar-refractivity contribution in [1.29, 1.82) is 0 Å². The maximum atomic E-state index is 10.7. The molecule has 5 heteroatoms. The third kappa shape index (κ3) is 1.54. The Bertz CT molecular complexity index is 544. The van der Waals surface area contributed by atoms with Crippen LogP contribution in [0.4, 0.5) is 17.1 Å². The maximum absolute atomic E-state index is 10.7. The molecule has 3 N–H and O–H groups in total. The summed E-state index contributed by atoms with van der Waals surface area (Å²) in [5.74, 6) is 3.47. The summed E-state index contributed by atoms with van der Waals surface area (Å²) in [5.41, 5.74) is 7.29. The summed E-state index contributed by atoms with van der Waals surface area (Å²) >= 11 is 0. The second kappa shape index (κ2) is 3.62. The van der Waals surface area contributed by atoms with Crippen LogP contribution in [0.5, 0.6) is 0 Å². The molecule has 0 heterocycles. The van der Waals surface area contributed by atoms with E-state index in [2.05, 4.69) is 5.32 Å². The Kier molecular flexibility index (Phi) is 2.11. The van der Waals surface area contributed by atoms with Crippen LogP contribution in [0.1, 0.15) is 19.3 Å². The standard InChI is InChI=1S/C14H17N3O2/c15-10-6-9(17(18)19)3-4-11(10)16-14-12-7-1-2-8(5-7)13(12)14/h3-4,6-8,12-14,16H,1-2,5,15H2. The van der Waals surface area contributed by atoms with Gasteiger partial charge in [-0.15, -0.1) is 0 Å². The molecule has 3 aliphatic carbocycles. The molecule has 1 aromatic rings. The predicted octanol–water partition coefficient (Wildman–Crippen LogP) is 2.63. The number of non-ortho nitro benzene ring substituents is 1. The Morgan fingerprint density at radius 1 is 1.26 bits per heavy atom. The Morgan fingerprint density at radius 2 is 1.95 bits per heavy atom. The highest BCUT2D eigenvalue weighted by molar-refractivity contribution is 5.70. The number of nitro benzene ring substituents is 1. The Hall–Kier alpha value is -1.78. The predicted molar refractivity (Wildman–Crippen MR) is 72.7 cm³/mol. The first-order chi connectivity index (χ1) is 9.15. The maximum Gasteiger partial charge on any atom is 0.271 e. The monoisotopic (exact) mass is 259 g/mol. The van der Waals surface area contributed by atoms with Gasteiger partial charge in [0.1, 0.15) is 0 Å². The number of benzene rings is 1. The van der Waals surface area contributed by atoms with E-state index < -0.39 is 4.92 Å². The summed E-state index contributed by atoms with van der Waals surface area (Å²) in [6.45, 7) is 0. The fourth-order valence-corrected chi connectivity index (χ4v) is 4.49. The summed E-state index contributed by atoms with van der Waals surface area (Å²) < 4.78 is 0. The second-order valence-corrected chi connectivity index (χ2v) is 6.19. The normalized spacial score (nSPS) is 38.0. The number of hydrogen-bond acceptors (Lipinski definition) is 4. The van der Waals surface area contributed by atoms with Crippen molar-refractivity contribution in [2.24, 2.45) is 23.7 Å². The minimum absolute atomic E-state index is 0.0547. The van der Waals surface area contributed by atoms with Gasteiger partial charge in [0.15, 0.2) is 0 Å². The molecule has 0 spiro atoms. The van der Waals surface area contributed by atoms with E-state index >= 15 is 0 Å².